The molecule has 1 aromatic heterocycles. The van der Waals surface area contributed by atoms with Crippen LogP contribution in [0.2, 0.25) is 0 Å². The number of nitrogens with two attached hydrogens (primary N) is 1. The summed E-state index contributed by atoms with van der Waals surface area (Å²) >= 11 is 0. The van der Waals surface area contributed by atoms with Crippen molar-refractivity contribution in [2.24, 2.45) is 0 Å². The summed E-state index contributed by atoms with van der Waals surface area (Å²) in [4.78, 5) is 14.8. The lowest BCUT2D eigenvalue weighted by molar-refractivity contribution is 0.121. The van der Waals surface area contributed by atoms with Crippen LogP contribution in [0.25, 0.3) is 0 Å². The van der Waals surface area contributed by atoms with Crippen molar-refractivity contribution in [3.8, 4) is 0 Å². The van der Waals surface area contributed by atoms with Crippen LogP contribution in [0.4, 0.5) is 16.3 Å². The van der Waals surface area contributed by atoms with Gasteiger partial charge < -0.3 is 10.5 Å². The summed E-state index contributed by atoms with van der Waals surface area (Å²) in [6.07, 6.45) is -0.248. The van der Waals surface area contributed by atoms with Crippen molar-refractivity contribution < 1.29 is 17.9 Å². The number of nitrogen functional groups attached to an aromatic ring is 1. The molecule has 0 saturated heterocycles. The van der Waals surface area contributed by atoms with E-state index in [1.807, 2.05) is 0 Å². The standard InChI is InChI=1S/C9H14N4O4S/c1-6(2)17-9(14)13-18(15,16)12-7-3-4-8(10)11-5-7/h3-6,12H,1-2H3,(H2,10,11)(H,13,14). The van der Waals surface area contributed by atoms with Crippen molar-refractivity contribution in [2.45, 2.75) is 20.0 Å². The van der Waals surface area contributed by atoms with E-state index in [1.54, 1.807) is 18.6 Å². The minimum atomic E-state index is -4.05. The van der Waals surface area contributed by atoms with E-state index in [1.165, 1.54) is 18.3 Å². The SMILES string of the molecule is CC(C)OC(=O)NS(=O)(=O)Nc1ccc(N)nc1. The van der Waals surface area contributed by atoms with Gasteiger partial charge in [-0.15, -0.1) is 0 Å². The highest BCUT2D eigenvalue weighted by atomic mass is 32.2. The summed E-state index contributed by atoms with van der Waals surface area (Å²) in [5, 5.41) is 0. The monoisotopic (exact) mass is 274 g/mol. The van der Waals surface area contributed by atoms with Crippen LogP contribution in [0, 0.1) is 0 Å². The fourth-order valence-corrected chi connectivity index (χ4v) is 1.74. The van der Waals surface area contributed by atoms with Gasteiger partial charge in [-0.05, 0) is 26.0 Å². The molecular formula is C9H14N4O4S. The number of nitrogens with zero attached hydrogens (tertiary/aromatic N) is 1. The summed E-state index contributed by atoms with van der Waals surface area (Å²) in [7, 11) is -4.05. The van der Waals surface area contributed by atoms with Crippen molar-refractivity contribution in [3.05, 3.63) is 18.3 Å². The maximum absolute atomic E-state index is 11.5. The van der Waals surface area contributed by atoms with Crippen LogP contribution < -0.4 is 15.2 Å². The summed E-state index contributed by atoms with van der Waals surface area (Å²) in [6, 6.07) is 2.83. The highest BCUT2D eigenvalue weighted by Crippen LogP contribution is 2.08. The highest BCUT2D eigenvalue weighted by Gasteiger charge is 2.16. The molecule has 8 nitrogen and oxygen atoms in total. The number of carbonyl (C=O) groups is 1. The molecule has 0 aromatic carbocycles. The zero-order chi connectivity index (χ0) is 13.8. The maximum Gasteiger partial charge on any atom is 0.422 e. The lowest BCUT2D eigenvalue weighted by atomic mass is 10.4. The Morgan fingerprint density at radius 3 is 2.61 bits per heavy atom. The van der Waals surface area contributed by atoms with Crippen LogP contribution in [0.5, 0.6) is 0 Å². The van der Waals surface area contributed by atoms with E-state index in [9.17, 15) is 13.2 Å². The molecule has 0 bridgehead atoms. The zero-order valence-corrected chi connectivity index (χ0v) is 10.7. The van der Waals surface area contributed by atoms with Gasteiger partial charge in [0.25, 0.3) is 0 Å². The first-order valence-corrected chi connectivity index (χ1v) is 6.49. The smallest absolute Gasteiger partial charge is 0.422 e. The first kappa shape index (κ1) is 14.0. The van der Waals surface area contributed by atoms with Gasteiger partial charge in [0.1, 0.15) is 5.82 Å². The predicted octanol–water partition coefficient (Wildman–Crippen LogP) is 0.455. The largest absolute Gasteiger partial charge is 0.446 e. The molecule has 0 aliphatic rings. The van der Waals surface area contributed by atoms with Gasteiger partial charge >= 0.3 is 16.3 Å². The van der Waals surface area contributed by atoms with E-state index in [0.717, 1.165) is 0 Å². The number of anilines is 2. The summed E-state index contributed by atoms with van der Waals surface area (Å²) in [5.74, 6) is 0.255. The molecule has 0 saturated carbocycles. The average molecular weight is 274 g/mol. The Morgan fingerprint density at radius 1 is 1.44 bits per heavy atom. The summed E-state index contributed by atoms with van der Waals surface area (Å²) < 4.78 is 31.4. The molecule has 1 aromatic rings. The van der Waals surface area contributed by atoms with Crippen molar-refractivity contribution in [1.29, 1.82) is 0 Å². The average Bonchev–Trinajstić information content (AvgIpc) is 2.18. The molecule has 1 heterocycles. The molecule has 1 amide bonds. The Hall–Kier alpha value is -2.03. The second-order valence-corrected chi connectivity index (χ2v) is 5.05. The van der Waals surface area contributed by atoms with E-state index in [0.29, 0.717) is 0 Å². The third-order valence-corrected chi connectivity index (χ3v) is 2.54. The number of amides is 1. The summed E-state index contributed by atoms with van der Waals surface area (Å²) in [6.45, 7) is 3.20. The number of carbonyl (C=O) groups excluding carboxylic acids is 1. The van der Waals surface area contributed by atoms with Crippen LogP contribution in [0.3, 0.4) is 0 Å². The second kappa shape index (κ2) is 5.54. The Balaban J connectivity index is 2.65. The Labute approximate surface area is 105 Å². The number of pyridine rings is 1. The molecule has 0 aliphatic heterocycles. The molecule has 18 heavy (non-hydrogen) atoms. The molecule has 0 atom stereocenters. The van der Waals surface area contributed by atoms with Crippen LogP contribution in [-0.4, -0.2) is 25.6 Å². The lowest BCUT2D eigenvalue weighted by Crippen LogP contribution is -2.36. The quantitative estimate of drug-likeness (QED) is 0.732. The minimum absolute atomic E-state index is 0.175. The van der Waals surface area contributed by atoms with E-state index in [-0.39, 0.29) is 11.5 Å². The second-order valence-electron chi connectivity index (χ2n) is 3.63. The van der Waals surface area contributed by atoms with Crippen molar-refractivity contribution in [1.82, 2.24) is 9.71 Å². The molecule has 100 valence electrons. The first-order chi connectivity index (χ1) is 8.28. The van der Waals surface area contributed by atoms with E-state index < -0.39 is 22.4 Å². The molecule has 0 radical (unpaired) electrons. The number of hydrogen-bond acceptors (Lipinski definition) is 6. The van der Waals surface area contributed by atoms with E-state index >= 15 is 0 Å². The minimum Gasteiger partial charge on any atom is -0.446 e. The topological polar surface area (TPSA) is 123 Å². The lowest BCUT2D eigenvalue weighted by Gasteiger charge is -2.11. The number of nitrogens with one attached hydrogen (secondary N) is 2. The van der Waals surface area contributed by atoms with E-state index in [2.05, 4.69) is 14.4 Å². The Bertz CT molecular complexity index is 512. The van der Waals surface area contributed by atoms with E-state index in [4.69, 9.17) is 5.73 Å². The molecular weight excluding hydrogens is 260 g/mol. The Kier molecular flexibility index (Phi) is 4.32. The molecule has 9 heteroatoms. The van der Waals surface area contributed by atoms with Gasteiger partial charge in [-0.25, -0.2) is 14.5 Å². The summed E-state index contributed by atoms with van der Waals surface area (Å²) in [5.41, 5.74) is 5.52. The van der Waals surface area contributed by atoms with Gasteiger partial charge in [0.15, 0.2) is 0 Å². The van der Waals surface area contributed by atoms with Crippen molar-refractivity contribution in [2.75, 3.05) is 10.5 Å². The number of aromatic nitrogens is 1. The predicted molar refractivity (Wildman–Crippen MR) is 65.9 cm³/mol. The zero-order valence-electron chi connectivity index (χ0n) is 9.88. The Morgan fingerprint density at radius 2 is 2.11 bits per heavy atom. The van der Waals surface area contributed by atoms with Gasteiger partial charge in [-0.1, -0.05) is 0 Å². The maximum atomic E-state index is 11.5. The molecule has 0 unspecified atom stereocenters. The fourth-order valence-electron chi connectivity index (χ4n) is 0.994. The molecule has 0 spiro atoms. The van der Waals surface area contributed by atoms with Crippen LogP contribution in [0.1, 0.15) is 13.8 Å². The van der Waals surface area contributed by atoms with Gasteiger partial charge in [-0.2, -0.15) is 8.42 Å². The third kappa shape index (κ3) is 4.87. The molecule has 4 N–H and O–H groups in total. The molecule has 1 rings (SSSR count). The van der Waals surface area contributed by atoms with Gasteiger partial charge in [0.2, 0.25) is 0 Å². The normalized spacial score (nSPS) is 11.1. The number of ether oxygens (including phenoxy) is 1. The van der Waals surface area contributed by atoms with Gasteiger partial charge in [-0.3, -0.25) is 4.72 Å². The third-order valence-electron chi connectivity index (χ3n) is 1.60. The van der Waals surface area contributed by atoms with Gasteiger partial charge in [0, 0.05) is 0 Å². The number of rotatable bonds is 4. The first-order valence-electron chi connectivity index (χ1n) is 5.01. The highest BCUT2D eigenvalue weighted by molar-refractivity contribution is 7.91. The van der Waals surface area contributed by atoms with Crippen LogP contribution in [-0.2, 0) is 14.9 Å². The van der Waals surface area contributed by atoms with Crippen LogP contribution in [0.15, 0.2) is 18.3 Å². The van der Waals surface area contributed by atoms with Crippen molar-refractivity contribution >= 4 is 27.8 Å². The molecule has 0 aliphatic carbocycles. The number of hydrogen-bond donors (Lipinski definition) is 3. The van der Waals surface area contributed by atoms with Crippen molar-refractivity contribution in [3.63, 3.8) is 0 Å². The fraction of sp³-hybridized carbons (Fsp3) is 0.333. The van der Waals surface area contributed by atoms with Crippen LogP contribution >= 0.6 is 0 Å². The molecule has 0 fully saturated rings. The van der Waals surface area contributed by atoms with Gasteiger partial charge in [0.05, 0.1) is 18.0 Å².